The Kier molecular flexibility index (Phi) is 4.41. The van der Waals surface area contributed by atoms with Crippen molar-refractivity contribution >= 4 is 11.5 Å². The Labute approximate surface area is 123 Å². The van der Waals surface area contributed by atoms with Gasteiger partial charge >= 0.3 is 5.69 Å². The second-order valence-electron chi connectivity index (χ2n) is 5.98. The van der Waals surface area contributed by atoms with Crippen LogP contribution < -0.4 is 21.9 Å². The summed E-state index contributed by atoms with van der Waals surface area (Å²) >= 11 is 0. The first-order chi connectivity index (χ1) is 9.85. The molecule has 0 bridgehead atoms. The van der Waals surface area contributed by atoms with Crippen molar-refractivity contribution in [3.8, 4) is 0 Å². The summed E-state index contributed by atoms with van der Waals surface area (Å²) in [5, 5.41) is 10.1. The van der Waals surface area contributed by atoms with Crippen molar-refractivity contribution in [3.63, 3.8) is 0 Å². The normalized spacial score (nSPS) is 23.1. The topological polar surface area (TPSA) is 104 Å². The first-order valence-corrected chi connectivity index (χ1v) is 7.45. The summed E-state index contributed by atoms with van der Waals surface area (Å²) in [6.07, 6.45) is 2.79. The van der Waals surface area contributed by atoms with E-state index < -0.39 is 16.9 Å². The number of nitrogen functional groups attached to an aromatic ring is 1. The van der Waals surface area contributed by atoms with Crippen LogP contribution in [-0.2, 0) is 6.54 Å². The van der Waals surface area contributed by atoms with E-state index in [1.165, 1.54) is 4.57 Å². The van der Waals surface area contributed by atoms with Crippen LogP contribution in [0, 0.1) is 0 Å². The van der Waals surface area contributed by atoms with Crippen LogP contribution >= 0.6 is 0 Å². The maximum Gasteiger partial charge on any atom is 0.330 e. The van der Waals surface area contributed by atoms with Gasteiger partial charge in [-0.05, 0) is 32.6 Å². The molecule has 4 N–H and O–H groups in total. The molecule has 1 aliphatic heterocycles. The monoisotopic (exact) mass is 296 g/mol. The van der Waals surface area contributed by atoms with E-state index in [4.69, 9.17) is 5.73 Å². The smallest absolute Gasteiger partial charge is 0.330 e. The molecule has 1 saturated heterocycles. The maximum atomic E-state index is 12.1. The highest BCUT2D eigenvalue weighted by molar-refractivity contribution is 5.62. The van der Waals surface area contributed by atoms with Crippen molar-refractivity contribution in [2.75, 3.05) is 23.7 Å². The fourth-order valence-corrected chi connectivity index (χ4v) is 2.82. The summed E-state index contributed by atoms with van der Waals surface area (Å²) in [7, 11) is 0. The van der Waals surface area contributed by atoms with Gasteiger partial charge in [0.25, 0.3) is 5.56 Å². The van der Waals surface area contributed by atoms with Gasteiger partial charge in [0.1, 0.15) is 11.5 Å². The number of anilines is 2. The number of nitrogens with one attached hydrogen (secondary N) is 1. The lowest BCUT2D eigenvalue weighted by Gasteiger charge is -2.25. The van der Waals surface area contributed by atoms with E-state index in [-0.39, 0.29) is 5.82 Å². The fourth-order valence-electron chi connectivity index (χ4n) is 2.82. The molecule has 7 nitrogen and oxygen atoms in total. The lowest BCUT2D eigenvalue weighted by atomic mass is 9.98. The molecule has 1 atom stereocenters. The van der Waals surface area contributed by atoms with E-state index in [1.54, 1.807) is 0 Å². The van der Waals surface area contributed by atoms with Crippen molar-refractivity contribution in [2.45, 2.75) is 51.7 Å². The van der Waals surface area contributed by atoms with E-state index in [1.807, 2.05) is 18.7 Å². The van der Waals surface area contributed by atoms with Gasteiger partial charge in [-0.1, -0.05) is 6.92 Å². The third-order valence-corrected chi connectivity index (χ3v) is 4.04. The molecule has 0 radical (unpaired) electrons. The van der Waals surface area contributed by atoms with Crippen LogP contribution in [0.5, 0.6) is 0 Å². The molecule has 1 aromatic heterocycles. The predicted molar refractivity (Wildman–Crippen MR) is 82.7 cm³/mol. The van der Waals surface area contributed by atoms with Crippen molar-refractivity contribution in [2.24, 2.45) is 0 Å². The number of aliphatic hydroxyl groups is 1. The molecule has 118 valence electrons. The van der Waals surface area contributed by atoms with Gasteiger partial charge in [-0.3, -0.25) is 14.3 Å². The summed E-state index contributed by atoms with van der Waals surface area (Å²) in [4.78, 5) is 28.2. The SMILES string of the molecule is CCCn1c(N)c(N2CCCC(C)(O)CC2)c(=O)[nH]c1=O. The number of aromatic amines is 1. The molecule has 0 aliphatic carbocycles. The maximum absolute atomic E-state index is 12.1. The molecule has 0 spiro atoms. The number of aromatic nitrogens is 2. The van der Waals surface area contributed by atoms with Crippen molar-refractivity contribution in [3.05, 3.63) is 20.8 Å². The molecule has 0 aromatic carbocycles. The molecule has 1 fully saturated rings. The van der Waals surface area contributed by atoms with Gasteiger partial charge in [0.2, 0.25) is 0 Å². The molecule has 1 unspecified atom stereocenters. The Morgan fingerprint density at radius 2 is 2.05 bits per heavy atom. The number of hydrogen-bond acceptors (Lipinski definition) is 5. The van der Waals surface area contributed by atoms with Gasteiger partial charge in [0, 0.05) is 19.6 Å². The zero-order chi connectivity index (χ0) is 15.6. The van der Waals surface area contributed by atoms with Gasteiger partial charge in [-0.15, -0.1) is 0 Å². The summed E-state index contributed by atoms with van der Waals surface area (Å²) in [6.45, 7) is 5.42. The fraction of sp³-hybridized carbons (Fsp3) is 0.714. The molecular weight excluding hydrogens is 272 g/mol. The number of hydrogen-bond donors (Lipinski definition) is 3. The highest BCUT2D eigenvalue weighted by atomic mass is 16.3. The Bertz CT molecular complexity index is 618. The van der Waals surface area contributed by atoms with Crippen LogP contribution in [0.2, 0.25) is 0 Å². The number of nitrogens with zero attached hydrogens (tertiary/aromatic N) is 2. The molecular formula is C14H24N4O3. The Morgan fingerprint density at radius 1 is 1.33 bits per heavy atom. The third kappa shape index (κ3) is 3.29. The minimum atomic E-state index is -0.714. The van der Waals surface area contributed by atoms with Gasteiger partial charge in [-0.2, -0.15) is 0 Å². The Morgan fingerprint density at radius 3 is 2.71 bits per heavy atom. The van der Waals surface area contributed by atoms with E-state index in [2.05, 4.69) is 4.98 Å². The second-order valence-corrected chi connectivity index (χ2v) is 5.98. The van der Waals surface area contributed by atoms with Crippen molar-refractivity contribution in [1.29, 1.82) is 0 Å². The average Bonchev–Trinajstić information content (AvgIpc) is 2.56. The van der Waals surface area contributed by atoms with Crippen LogP contribution in [-0.4, -0.2) is 33.3 Å². The van der Waals surface area contributed by atoms with Crippen LogP contribution in [0.15, 0.2) is 9.59 Å². The van der Waals surface area contributed by atoms with Crippen molar-refractivity contribution in [1.82, 2.24) is 9.55 Å². The van der Waals surface area contributed by atoms with Crippen LogP contribution in [0.3, 0.4) is 0 Å². The van der Waals surface area contributed by atoms with Gasteiger partial charge in [-0.25, -0.2) is 4.79 Å². The van der Waals surface area contributed by atoms with Gasteiger partial charge < -0.3 is 15.7 Å². The highest BCUT2D eigenvalue weighted by Gasteiger charge is 2.27. The minimum absolute atomic E-state index is 0.215. The molecule has 7 heteroatoms. The molecule has 2 rings (SSSR count). The molecule has 2 heterocycles. The van der Waals surface area contributed by atoms with Crippen LogP contribution in [0.4, 0.5) is 11.5 Å². The summed E-state index contributed by atoms with van der Waals surface area (Å²) in [5.74, 6) is 0.215. The highest BCUT2D eigenvalue weighted by Crippen LogP contribution is 2.25. The second kappa shape index (κ2) is 5.93. The standard InChI is InChI=1S/C14H24N4O3/c1-3-7-18-11(15)10(12(19)16-13(18)20)17-8-4-5-14(2,21)6-9-17/h21H,3-9,15H2,1-2H3,(H,16,19,20). The number of nitrogens with two attached hydrogens (primary N) is 1. The third-order valence-electron chi connectivity index (χ3n) is 4.04. The Hall–Kier alpha value is -1.76. The minimum Gasteiger partial charge on any atom is -0.390 e. The van der Waals surface area contributed by atoms with Crippen LogP contribution in [0.1, 0.15) is 39.5 Å². The van der Waals surface area contributed by atoms with Crippen molar-refractivity contribution < 1.29 is 5.11 Å². The van der Waals surface area contributed by atoms with E-state index in [0.29, 0.717) is 38.2 Å². The summed E-state index contributed by atoms with van der Waals surface area (Å²) in [5.41, 5.74) is 4.77. The molecule has 21 heavy (non-hydrogen) atoms. The summed E-state index contributed by atoms with van der Waals surface area (Å²) in [6, 6.07) is 0. The molecule has 1 aliphatic rings. The van der Waals surface area contributed by atoms with E-state index in [0.717, 1.165) is 12.8 Å². The molecule has 0 saturated carbocycles. The zero-order valence-electron chi connectivity index (χ0n) is 12.7. The van der Waals surface area contributed by atoms with Gasteiger partial charge in [0.05, 0.1) is 5.60 Å². The first-order valence-electron chi connectivity index (χ1n) is 7.45. The number of rotatable bonds is 3. The molecule has 0 amide bonds. The largest absolute Gasteiger partial charge is 0.390 e. The van der Waals surface area contributed by atoms with E-state index in [9.17, 15) is 14.7 Å². The first kappa shape index (κ1) is 15.6. The van der Waals surface area contributed by atoms with E-state index >= 15 is 0 Å². The Balaban J connectivity index is 2.41. The molecule has 1 aromatic rings. The summed E-state index contributed by atoms with van der Waals surface area (Å²) < 4.78 is 1.40. The van der Waals surface area contributed by atoms with Crippen LogP contribution in [0.25, 0.3) is 0 Å². The lowest BCUT2D eigenvalue weighted by molar-refractivity contribution is 0.0481. The lowest BCUT2D eigenvalue weighted by Crippen LogP contribution is -2.39. The van der Waals surface area contributed by atoms with Gasteiger partial charge in [0.15, 0.2) is 0 Å². The zero-order valence-corrected chi connectivity index (χ0v) is 12.7. The predicted octanol–water partition coefficient (Wildman–Crippen LogP) is 0.270. The number of H-pyrrole nitrogens is 1. The quantitative estimate of drug-likeness (QED) is 0.742. The average molecular weight is 296 g/mol.